The van der Waals surface area contributed by atoms with Gasteiger partial charge in [0.2, 0.25) is 0 Å². The van der Waals surface area contributed by atoms with E-state index in [9.17, 15) is 0 Å². The minimum Gasteiger partial charge on any atom is -0.380 e. The number of hydrogen-bond donors (Lipinski definition) is 2. The van der Waals surface area contributed by atoms with Crippen molar-refractivity contribution in [2.45, 2.75) is 26.7 Å². The number of benzene rings is 1. The normalized spacial score (nSPS) is 11.6. The van der Waals surface area contributed by atoms with Crippen LogP contribution in [-0.4, -0.2) is 22.5 Å². The molecule has 0 fully saturated rings. The van der Waals surface area contributed by atoms with Crippen molar-refractivity contribution < 1.29 is 0 Å². The van der Waals surface area contributed by atoms with E-state index in [1.807, 2.05) is 18.3 Å². The molecular weight excluding hydrogens is 305 g/mol. The minimum absolute atomic E-state index is 0.324. The zero-order chi connectivity index (χ0) is 16.8. The van der Waals surface area contributed by atoms with E-state index in [0.29, 0.717) is 18.1 Å². The summed E-state index contributed by atoms with van der Waals surface area (Å²) in [6, 6.07) is 10.2. The van der Waals surface area contributed by atoms with E-state index in [1.165, 1.54) is 10.7 Å². The van der Waals surface area contributed by atoms with Crippen LogP contribution in [0, 0.1) is 6.92 Å². The number of hydrazone groups is 1. The van der Waals surface area contributed by atoms with Gasteiger partial charge in [-0.3, -0.25) is 4.98 Å². The zero-order valence-electron chi connectivity index (χ0n) is 13.7. The van der Waals surface area contributed by atoms with Crippen LogP contribution in [0.25, 0.3) is 11.1 Å². The van der Waals surface area contributed by atoms with E-state index in [0.717, 1.165) is 29.3 Å². The van der Waals surface area contributed by atoms with Crippen molar-refractivity contribution in [1.29, 1.82) is 0 Å². The number of amidine groups is 1. The molecule has 0 radical (unpaired) electrons. The lowest BCUT2D eigenvalue weighted by atomic mass is 10.1. The number of hydrazine groups is 1. The average molecular weight is 329 g/mol. The number of rotatable bonds is 6. The predicted octanol–water partition coefficient (Wildman–Crippen LogP) is 2.15. The van der Waals surface area contributed by atoms with Gasteiger partial charge in [0.25, 0.3) is 0 Å². The highest BCUT2D eigenvalue weighted by atomic mass is 31.0. The maximum Gasteiger partial charge on any atom is 0.171 e. The number of aromatic nitrogens is 1. The van der Waals surface area contributed by atoms with Crippen LogP contribution >= 0.6 is 9.24 Å². The number of unbranched alkanes of at least 4 members (excludes halogenated alkanes) is 1. The van der Waals surface area contributed by atoms with Crippen molar-refractivity contribution in [3.05, 3.63) is 47.8 Å². The van der Waals surface area contributed by atoms with Crippen LogP contribution < -0.4 is 16.9 Å². The van der Waals surface area contributed by atoms with Gasteiger partial charge < -0.3 is 5.73 Å². The van der Waals surface area contributed by atoms with Crippen molar-refractivity contribution in [1.82, 2.24) is 10.1 Å². The first-order valence-electron chi connectivity index (χ1n) is 7.70. The molecule has 0 amide bonds. The van der Waals surface area contributed by atoms with Gasteiger partial charge >= 0.3 is 0 Å². The first kappa shape index (κ1) is 17.4. The molecule has 0 saturated carbocycles. The van der Waals surface area contributed by atoms with Crippen LogP contribution in [0.2, 0.25) is 0 Å². The first-order chi connectivity index (χ1) is 11.0. The smallest absolute Gasteiger partial charge is 0.171 e. The molecule has 1 unspecified atom stereocenters. The second kappa shape index (κ2) is 8.04. The minimum atomic E-state index is 0.324. The van der Waals surface area contributed by atoms with Gasteiger partial charge in [0, 0.05) is 11.8 Å². The SMILES string of the molecule is CCCCN(N)/N=C(\N)c1ccc(-c2ccc(C)cc2P)cn1. The van der Waals surface area contributed by atoms with Gasteiger partial charge in [0.15, 0.2) is 5.84 Å². The molecule has 0 aliphatic rings. The van der Waals surface area contributed by atoms with E-state index in [4.69, 9.17) is 11.6 Å². The standard InChI is InChI=1S/C17H24N5P/c1-3-4-9-22(19)21-17(18)15-8-6-13(11-20-15)14-7-5-12(2)10-16(14)23/h5-8,10-11H,3-4,9,19,23H2,1-2H3,(H2,18,21). The second-order valence-electron chi connectivity index (χ2n) is 5.52. The van der Waals surface area contributed by atoms with Crippen LogP contribution in [0.5, 0.6) is 0 Å². The molecule has 2 rings (SSSR count). The van der Waals surface area contributed by atoms with Crippen molar-refractivity contribution in [3.63, 3.8) is 0 Å². The Morgan fingerprint density at radius 3 is 2.70 bits per heavy atom. The van der Waals surface area contributed by atoms with Crippen LogP contribution in [0.1, 0.15) is 31.0 Å². The highest BCUT2D eigenvalue weighted by Crippen LogP contribution is 2.19. The second-order valence-corrected chi connectivity index (χ2v) is 6.15. The lowest BCUT2D eigenvalue weighted by Crippen LogP contribution is -2.30. The molecule has 6 heteroatoms. The van der Waals surface area contributed by atoms with Crippen molar-refractivity contribution in [3.8, 4) is 11.1 Å². The third-order valence-electron chi connectivity index (χ3n) is 3.52. The molecule has 0 spiro atoms. The Kier molecular flexibility index (Phi) is 6.08. The van der Waals surface area contributed by atoms with Crippen LogP contribution in [0.15, 0.2) is 41.6 Å². The molecule has 2 aromatic rings. The molecule has 1 heterocycles. The Morgan fingerprint density at radius 1 is 1.30 bits per heavy atom. The summed E-state index contributed by atoms with van der Waals surface area (Å²) in [6.07, 6.45) is 3.84. The topological polar surface area (TPSA) is 80.5 Å². The van der Waals surface area contributed by atoms with Gasteiger partial charge in [-0.2, -0.15) is 0 Å². The Morgan fingerprint density at radius 2 is 2.09 bits per heavy atom. The Hall–Kier alpha value is -1.97. The zero-order valence-corrected chi connectivity index (χ0v) is 14.8. The average Bonchev–Trinajstić information content (AvgIpc) is 2.53. The fourth-order valence-electron chi connectivity index (χ4n) is 2.21. The van der Waals surface area contributed by atoms with Crippen LogP contribution in [0.4, 0.5) is 0 Å². The number of hydrogen-bond acceptors (Lipinski definition) is 4. The number of aryl methyl sites for hydroxylation is 1. The number of nitrogens with two attached hydrogens (primary N) is 2. The highest BCUT2D eigenvalue weighted by Gasteiger charge is 2.06. The molecule has 4 N–H and O–H groups in total. The number of nitrogens with zero attached hydrogens (tertiary/aromatic N) is 3. The molecule has 0 saturated heterocycles. The summed E-state index contributed by atoms with van der Waals surface area (Å²) in [7, 11) is 2.76. The Bertz CT molecular complexity index is 682. The van der Waals surface area contributed by atoms with E-state index in [2.05, 4.69) is 51.4 Å². The summed E-state index contributed by atoms with van der Waals surface area (Å²) >= 11 is 0. The molecule has 5 nitrogen and oxygen atoms in total. The fourth-order valence-corrected chi connectivity index (χ4v) is 2.74. The van der Waals surface area contributed by atoms with E-state index < -0.39 is 0 Å². The van der Waals surface area contributed by atoms with Gasteiger partial charge in [0.05, 0.1) is 6.54 Å². The van der Waals surface area contributed by atoms with Crippen molar-refractivity contribution in [2.75, 3.05) is 6.54 Å². The Balaban J connectivity index is 2.17. The van der Waals surface area contributed by atoms with Gasteiger partial charge in [-0.25, -0.2) is 11.0 Å². The summed E-state index contributed by atoms with van der Waals surface area (Å²) < 4.78 is 0. The van der Waals surface area contributed by atoms with Gasteiger partial charge in [-0.05, 0) is 30.3 Å². The third-order valence-corrected chi connectivity index (χ3v) is 4.00. The molecular formula is C17H24N5P. The summed E-state index contributed by atoms with van der Waals surface area (Å²) in [5.41, 5.74) is 10.0. The molecule has 1 aromatic carbocycles. The van der Waals surface area contributed by atoms with Crippen LogP contribution in [-0.2, 0) is 0 Å². The van der Waals surface area contributed by atoms with E-state index >= 15 is 0 Å². The largest absolute Gasteiger partial charge is 0.380 e. The van der Waals surface area contributed by atoms with Gasteiger partial charge in [0.1, 0.15) is 5.69 Å². The molecule has 0 bridgehead atoms. The quantitative estimate of drug-likeness (QED) is 0.280. The molecule has 1 atom stereocenters. The molecule has 23 heavy (non-hydrogen) atoms. The summed E-state index contributed by atoms with van der Waals surface area (Å²) in [5, 5.41) is 6.67. The third kappa shape index (κ3) is 4.75. The lowest BCUT2D eigenvalue weighted by molar-refractivity contribution is 0.293. The summed E-state index contributed by atoms with van der Waals surface area (Å²) in [5.74, 6) is 6.11. The fraction of sp³-hybridized carbons (Fsp3) is 0.294. The summed E-state index contributed by atoms with van der Waals surface area (Å²) in [6.45, 7) is 4.86. The van der Waals surface area contributed by atoms with Crippen molar-refractivity contribution in [2.24, 2.45) is 16.7 Å². The summed E-state index contributed by atoms with van der Waals surface area (Å²) in [4.78, 5) is 4.40. The molecule has 122 valence electrons. The lowest BCUT2D eigenvalue weighted by Gasteiger charge is -2.13. The maximum atomic E-state index is 5.97. The first-order valence-corrected chi connectivity index (χ1v) is 8.28. The maximum absolute atomic E-state index is 5.97. The Labute approximate surface area is 140 Å². The monoisotopic (exact) mass is 329 g/mol. The molecule has 0 aliphatic carbocycles. The van der Waals surface area contributed by atoms with E-state index in [-0.39, 0.29) is 0 Å². The van der Waals surface area contributed by atoms with E-state index in [1.54, 1.807) is 0 Å². The van der Waals surface area contributed by atoms with Gasteiger partial charge in [-0.15, -0.1) is 14.3 Å². The van der Waals surface area contributed by atoms with Gasteiger partial charge in [-0.1, -0.05) is 43.2 Å². The molecule has 0 aliphatic heterocycles. The van der Waals surface area contributed by atoms with Crippen molar-refractivity contribution >= 4 is 20.4 Å². The number of pyridine rings is 1. The predicted molar refractivity (Wildman–Crippen MR) is 100 cm³/mol. The molecule has 1 aromatic heterocycles. The van der Waals surface area contributed by atoms with Crippen LogP contribution in [0.3, 0.4) is 0 Å². The highest BCUT2D eigenvalue weighted by molar-refractivity contribution is 7.28.